The van der Waals surface area contributed by atoms with Crippen molar-refractivity contribution in [3.05, 3.63) is 11.9 Å². The molecule has 0 bridgehead atoms. The SMILES string of the molecule is CCn1c(C)cnc1N.Cl. The zero-order valence-corrected chi connectivity index (χ0v) is 6.98. The molecule has 2 N–H and O–H groups in total. The molecule has 58 valence electrons. The number of halogens is 1. The van der Waals surface area contributed by atoms with Crippen molar-refractivity contribution in [3.8, 4) is 0 Å². The second-order valence-corrected chi connectivity index (χ2v) is 2.00. The van der Waals surface area contributed by atoms with Gasteiger partial charge in [0, 0.05) is 12.2 Å². The molecule has 1 aromatic rings. The maximum absolute atomic E-state index is 5.50. The standard InChI is InChI=1S/C6H11N3.ClH/c1-3-9-5(2)4-8-6(9)7;/h4H,3H2,1-2H3,(H2,7,8);1H. The zero-order chi connectivity index (χ0) is 6.85. The van der Waals surface area contributed by atoms with Gasteiger partial charge in [-0.25, -0.2) is 4.98 Å². The summed E-state index contributed by atoms with van der Waals surface area (Å²) in [7, 11) is 0. The minimum Gasteiger partial charge on any atom is -0.369 e. The number of nitrogens with zero attached hydrogens (tertiary/aromatic N) is 2. The minimum absolute atomic E-state index is 0. The minimum atomic E-state index is 0. The van der Waals surface area contributed by atoms with Crippen LogP contribution in [0.4, 0.5) is 5.95 Å². The van der Waals surface area contributed by atoms with Gasteiger partial charge in [0.15, 0.2) is 5.95 Å². The normalized spacial score (nSPS) is 9.00. The molecule has 0 saturated carbocycles. The number of nitrogens with two attached hydrogens (primary N) is 1. The monoisotopic (exact) mass is 161 g/mol. The first-order chi connectivity index (χ1) is 4.25. The van der Waals surface area contributed by atoms with E-state index >= 15 is 0 Å². The van der Waals surface area contributed by atoms with E-state index in [2.05, 4.69) is 4.98 Å². The number of nitrogen functional groups attached to an aromatic ring is 1. The Labute approximate surface area is 66.7 Å². The van der Waals surface area contributed by atoms with Crippen molar-refractivity contribution in [3.63, 3.8) is 0 Å². The molecule has 4 heteroatoms. The fraction of sp³-hybridized carbons (Fsp3) is 0.500. The van der Waals surface area contributed by atoms with Crippen LogP contribution in [0.5, 0.6) is 0 Å². The third kappa shape index (κ3) is 1.42. The van der Waals surface area contributed by atoms with Gasteiger partial charge in [-0.15, -0.1) is 12.4 Å². The third-order valence-corrected chi connectivity index (χ3v) is 1.40. The first kappa shape index (κ1) is 9.30. The van der Waals surface area contributed by atoms with Crippen LogP contribution in [0, 0.1) is 6.92 Å². The highest BCUT2D eigenvalue weighted by atomic mass is 35.5. The van der Waals surface area contributed by atoms with Crippen LogP contribution in [0.1, 0.15) is 12.6 Å². The molecule has 1 aromatic heterocycles. The summed E-state index contributed by atoms with van der Waals surface area (Å²) >= 11 is 0. The predicted octanol–water partition coefficient (Wildman–Crippen LogP) is 1.22. The van der Waals surface area contributed by atoms with Gasteiger partial charge in [-0.2, -0.15) is 0 Å². The lowest BCUT2D eigenvalue weighted by molar-refractivity contribution is 0.749. The zero-order valence-electron chi connectivity index (χ0n) is 6.16. The number of aromatic nitrogens is 2. The maximum Gasteiger partial charge on any atom is 0.200 e. The molecule has 0 unspecified atom stereocenters. The van der Waals surface area contributed by atoms with Crippen molar-refractivity contribution in [2.75, 3.05) is 5.73 Å². The van der Waals surface area contributed by atoms with Crippen molar-refractivity contribution >= 4 is 18.4 Å². The molecule has 0 radical (unpaired) electrons. The summed E-state index contributed by atoms with van der Waals surface area (Å²) in [5.41, 5.74) is 6.62. The van der Waals surface area contributed by atoms with E-state index in [1.165, 1.54) is 0 Å². The van der Waals surface area contributed by atoms with Crippen LogP contribution < -0.4 is 5.73 Å². The first-order valence-electron chi connectivity index (χ1n) is 3.03. The first-order valence-corrected chi connectivity index (χ1v) is 3.03. The van der Waals surface area contributed by atoms with Gasteiger partial charge in [0.2, 0.25) is 0 Å². The van der Waals surface area contributed by atoms with Crippen LogP contribution >= 0.6 is 12.4 Å². The van der Waals surface area contributed by atoms with Crippen molar-refractivity contribution < 1.29 is 0 Å². The quantitative estimate of drug-likeness (QED) is 0.673. The Kier molecular flexibility index (Phi) is 3.22. The van der Waals surface area contributed by atoms with E-state index in [1.54, 1.807) is 6.20 Å². The number of aryl methyl sites for hydroxylation is 1. The molecule has 0 amide bonds. The lowest BCUT2D eigenvalue weighted by atomic mass is 10.5. The molecule has 0 spiro atoms. The highest BCUT2D eigenvalue weighted by molar-refractivity contribution is 5.85. The smallest absolute Gasteiger partial charge is 0.200 e. The number of imidazole rings is 1. The van der Waals surface area contributed by atoms with E-state index in [0.717, 1.165) is 12.2 Å². The predicted molar refractivity (Wildman–Crippen MR) is 44.3 cm³/mol. The van der Waals surface area contributed by atoms with E-state index in [0.29, 0.717) is 5.95 Å². The third-order valence-electron chi connectivity index (χ3n) is 1.40. The van der Waals surface area contributed by atoms with Gasteiger partial charge in [-0.1, -0.05) is 0 Å². The Morgan fingerprint density at radius 2 is 2.30 bits per heavy atom. The molecular formula is C6H12ClN3. The van der Waals surface area contributed by atoms with Crippen LogP contribution in [0.2, 0.25) is 0 Å². The van der Waals surface area contributed by atoms with Crippen molar-refractivity contribution in [2.45, 2.75) is 20.4 Å². The highest BCUT2D eigenvalue weighted by Gasteiger charge is 1.97. The molecule has 0 atom stereocenters. The summed E-state index contributed by atoms with van der Waals surface area (Å²) in [5.74, 6) is 0.606. The molecule has 0 saturated heterocycles. The summed E-state index contributed by atoms with van der Waals surface area (Å²) < 4.78 is 1.96. The molecule has 10 heavy (non-hydrogen) atoms. The summed E-state index contributed by atoms with van der Waals surface area (Å²) in [6.45, 7) is 4.94. The van der Waals surface area contributed by atoms with Crippen LogP contribution in [0.15, 0.2) is 6.20 Å². The van der Waals surface area contributed by atoms with Gasteiger partial charge >= 0.3 is 0 Å². The maximum atomic E-state index is 5.50. The summed E-state index contributed by atoms with van der Waals surface area (Å²) in [4.78, 5) is 3.93. The molecule has 0 aliphatic rings. The van der Waals surface area contributed by atoms with Crippen LogP contribution in [-0.4, -0.2) is 9.55 Å². The molecule has 0 aromatic carbocycles. The summed E-state index contributed by atoms with van der Waals surface area (Å²) in [6.07, 6.45) is 1.78. The van der Waals surface area contributed by atoms with E-state index in [4.69, 9.17) is 5.73 Å². The largest absolute Gasteiger partial charge is 0.369 e. The van der Waals surface area contributed by atoms with Gasteiger partial charge in [0.1, 0.15) is 0 Å². The van der Waals surface area contributed by atoms with Gasteiger partial charge in [-0.05, 0) is 13.8 Å². The Hall–Kier alpha value is -0.700. The molecular weight excluding hydrogens is 150 g/mol. The Bertz CT molecular complexity index is 187. The van der Waals surface area contributed by atoms with Gasteiger partial charge in [0.25, 0.3) is 0 Å². The van der Waals surface area contributed by atoms with Crippen molar-refractivity contribution in [1.29, 1.82) is 0 Å². The van der Waals surface area contributed by atoms with Gasteiger partial charge in [-0.3, -0.25) is 0 Å². The summed E-state index contributed by atoms with van der Waals surface area (Å²) in [5, 5.41) is 0. The molecule has 0 fully saturated rings. The number of anilines is 1. The van der Waals surface area contributed by atoms with Crippen LogP contribution in [-0.2, 0) is 6.54 Å². The van der Waals surface area contributed by atoms with E-state index in [1.807, 2.05) is 18.4 Å². The Balaban J connectivity index is 0.000000810. The lowest BCUT2D eigenvalue weighted by Crippen LogP contribution is -2.02. The second-order valence-electron chi connectivity index (χ2n) is 2.00. The molecule has 1 rings (SSSR count). The van der Waals surface area contributed by atoms with Gasteiger partial charge < -0.3 is 10.3 Å². The van der Waals surface area contributed by atoms with Crippen LogP contribution in [0.3, 0.4) is 0 Å². The summed E-state index contributed by atoms with van der Waals surface area (Å²) in [6, 6.07) is 0. The van der Waals surface area contributed by atoms with Crippen molar-refractivity contribution in [2.24, 2.45) is 0 Å². The molecule has 1 heterocycles. The Morgan fingerprint density at radius 3 is 2.50 bits per heavy atom. The fourth-order valence-electron chi connectivity index (χ4n) is 0.891. The topological polar surface area (TPSA) is 43.8 Å². The fourth-order valence-corrected chi connectivity index (χ4v) is 0.891. The van der Waals surface area contributed by atoms with Crippen molar-refractivity contribution in [1.82, 2.24) is 9.55 Å². The molecule has 0 aliphatic carbocycles. The van der Waals surface area contributed by atoms with E-state index < -0.39 is 0 Å². The van der Waals surface area contributed by atoms with E-state index in [-0.39, 0.29) is 12.4 Å². The highest BCUT2D eigenvalue weighted by Crippen LogP contribution is 2.03. The van der Waals surface area contributed by atoms with Crippen LogP contribution in [0.25, 0.3) is 0 Å². The molecule has 3 nitrogen and oxygen atoms in total. The number of hydrogen-bond acceptors (Lipinski definition) is 2. The number of rotatable bonds is 1. The van der Waals surface area contributed by atoms with Gasteiger partial charge in [0.05, 0.1) is 6.20 Å². The van der Waals surface area contributed by atoms with E-state index in [9.17, 15) is 0 Å². The average molecular weight is 162 g/mol. The number of hydrogen-bond donors (Lipinski definition) is 1. The Morgan fingerprint density at radius 1 is 1.70 bits per heavy atom. The lowest BCUT2D eigenvalue weighted by Gasteiger charge is -2.00. The average Bonchev–Trinajstić information content (AvgIpc) is 2.12. The molecule has 0 aliphatic heterocycles. The second kappa shape index (κ2) is 3.46.